The zero-order valence-electron chi connectivity index (χ0n) is 19.1. The summed E-state index contributed by atoms with van der Waals surface area (Å²) in [5.41, 5.74) is 3.63. The molecule has 0 spiro atoms. The molecule has 0 fully saturated rings. The SMILES string of the molecule is CCn1nc(C)c2nc(SCC(=O)NCc3ccccc3Cl)n(CCc3ccccc3)c(=O)c21. The monoisotopic (exact) mass is 495 g/mol. The van der Waals surface area contributed by atoms with Crippen LogP contribution in [0.1, 0.15) is 23.7 Å². The number of nitrogens with one attached hydrogen (secondary N) is 1. The summed E-state index contributed by atoms with van der Waals surface area (Å²) in [5.74, 6) is -0.0239. The third kappa shape index (κ3) is 5.34. The topological polar surface area (TPSA) is 81.8 Å². The summed E-state index contributed by atoms with van der Waals surface area (Å²) in [6, 6.07) is 17.4. The van der Waals surface area contributed by atoms with Gasteiger partial charge in [-0.15, -0.1) is 0 Å². The third-order valence-corrected chi connectivity index (χ3v) is 6.86. The fraction of sp³-hybridized carbons (Fsp3) is 0.280. The number of amides is 1. The summed E-state index contributed by atoms with van der Waals surface area (Å²) in [6.45, 7) is 5.18. The summed E-state index contributed by atoms with van der Waals surface area (Å²) < 4.78 is 3.36. The van der Waals surface area contributed by atoms with Crippen LogP contribution in [0.5, 0.6) is 0 Å². The Morgan fingerprint density at radius 2 is 1.85 bits per heavy atom. The quantitative estimate of drug-likeness (QED) is 0.277. The van der Waals surface area contributed by atoms with Gasteiger partial charge in [0.1, 0.15) is 5.52 Å². The second kappa shape index (κ2) is 10.9. The van der Waals surface area contributed by atoms with Crippen LogP contribution < -0.4 is 10.9 Å². The number of aryl methyl sites for hydroxylation is 3. The fourth-order valence-electron chi connectivity index (χ4n) is 3.73. The van der Waals surface area contributed by atoms with Crippen LogP contribution in [0, 0.1) is 6.92 Å². The highest BCUT2D eigenvalue weighted by molar-refractivity contribution is 7.99. The number of carbonyl (C=O) groups excluding carboxylic acids is 1. The highest BCUT2D eigenvalue weighted by Crippen LogP contribution is 2.21. The van der Waals surface area contributed by atoms with Gasteiger partial charge in [0.15, 0.2) is 10.7 Å². The van der Waals surface area contributed by atoms with Crippen molar-refractivity contribution in [1.29, 1.82) is 0 Å². The average molecular weight is 496 g/mol. The second-order valence-electron chi connectivity index (χ2n) is 7.84. The van der Waals surface area contributed by atoms with E-state index in [4.69, 9.17) is 16.6 Å². The van der Waals surface area contributed by atoms with Gasteiger partial charge in [0, 0.05) is 24.7 Å². The van der Waals surface area contributed by atoms with Crippen molar-refractivity contribution in [3.63, 3.8) is 0 Å². The summed E-state index contributed by atoms with van der Waals surface area (Å²) in [7, 11) is 0. The molecular formula is C25H26ClN5O2S. The van der Waals surface area contributed by atoms with Crippen LogP contribution in [-0.2, 0) is 30.8 Å². The first-order chi connectivity index (χ1) is 16.5. The maximum Gasteiger partial charge on any atom is 0.280 e. The number of halogens is 1. The van der Waals surface area contributed by atoms with E-state index in [0.717, 1.165) is 11.1 Å². The van der Waals surface area contributed by atoms with Crippen molar-refractivity contribution in [3.05, 3.63) is 86.8 Å². The predicted octanol–water partition coefficient (Wildman–Crippen LogP) is 4.23. The van der Waals surface area contributed by atoms with E-state index in [1.165, 1.54) is 11.8 Å². The standard InChI is InChI=1S/C25H26ClN5O2S/c1-3-31-23-22(17(2)29-31)28-25(30(24(23)33)14-13-18-9-5-4-6-10-18)34-16-21(32)27-15-19-11-7-8-12-20(19)26/h4-12H,3,13-16H2,1-2H3,(H,27,32). The van der Waals surface area contributed by atoms with Gasteiger partial charge in [-0.05, 0) is 37.5 Å². The maximum atomic E-state index is 13.5. The van der Waals surface area contributed by atoms with Gasteiger partial charge in [0.2, 0.25) is 5.91 Å². The highest BCUT2D eigenvalue weighted by Gasteiger charge is 2.19. The number of hydrogen-bond acceptors (Lipinski definition) is 5. The fourth-order valence-corrected chi connectivity index (χ4v) is 4.78. The minimum atomic E-state index is -0.158. The Kier molecular flexibility index (Phi) is 7.70. The Hall–Kier alpha value is -3.10. The third-order valence-electron chi connectivity index (χ3n) is 5.51. The second-order valence-corrected chi connectivity index (χ2v) is 9.19. The lowest BCUT2D eigenvalue weighted by Gasteiger charge is -2.13. The van der Waals surface area contributed by atoms with Crippen LogP contribution >= 0.6 is 23.4 Å². The average Bonchev–Trinajstić information content (AvgIpc) is 3.18. The van der Waals surface area contributed by atoms with Gasteiger partial charge >= 0.3 is 0 Å². The molecule has 0 aliphatic rings. The molecular weight excluding hydrogens is 470 g/mol. The number of rotatable bonds is 9. The van der Waals surface area contributed by atoms with Crippen LogP contribution in [0.25, 0.3) is 11.0 Å². The molecule has 176 valence electrons. The van der Waals surface area contributed by atoms with Gasteiger partial charge in [0.25, 0.3) is 5.56 Å². The van der Waals surface area contributed by atoms with Crippen molar-refractivity contribution in [1.82, 2.24) is 24.6 Å². The van der Waals surface area contributed by atoms with Crippen molar-refractivity contribution < 1.29 is 4.79 Å². The van der Waals surface area contributed by atoms with Crippen molar-refractivity contribution in [2.24, 2.45) is 0 Å². The van der Waals surface area contributed by atoms with E-state index >= 15 is 0 Å². The molecule has 4 aromatic rings. The van der Waals surface area contributed by atoms with Gasteiger partial charge in [0.05, 0.1) is 11.4 Å². The van der Waals surface area contributed by atoms with Crippen LogP contribution in [-0.4, -0.2) is 31.0 Å². The van der Waals surface area contributed by atoms with Gasteiger partial charge in [-0.1, -0.05) is 71.9 Å². The normalized spacial score (nSPS) is 11.1. The molecule has 2 aromatic carbocycles. The number of nitrogens with zero attached hydrogens (tertiary/aromatic N) is 4. The van der Waals surface area contributed by atoms with Crippen LogP contribution in [0.15, 0.2) is 64.5 Å². The molecule has 0 aliphatic heterocycles. The molecule has 1 amide bonds. The van der Waals surface area contributed by atoms with Gasteiger partial charge in [-0.2, -0.15) is 5.10 Å². The van der Waals surface area contributed by atoms with E-state index in [2.05, 4.69) is 10.4 Å². The zero-order chi connectivity index (χ0) is 24.1. The number of fused-ring (bicyclic) bond motifs is 1. The number of aromatic nitrogens is 4. The first-order valence-electron chi connectivity index (χ1n) is 11.1. The van der Waals surface area contributed by atoms with Gasteiger partial charge < -0.3 is 5.32 Å². The van der Waals surface area contributed by atoms with Gasteiger partial charge in [-0.3, -0.25) is 18.8 Å². The molecule has 0 aliphatic carbocycles. The molecule has 0 saturated heterocycles. The maximum absolute atomic E-state index is 13.5. The summed E-state index contributed by atoms with van der Waals surface area (Å²) in [4.78, 5) is 30.8. The first kappa shape index (κ1) is 24.0. The Bertz CT molecular complexity index is 1370. The lowest BCUT2D eigenvalue weighted by molar-refractivity contribution is -0.118. The minimum absolute atomic E-state index is 0.134. The molecule has 4 rings (SSSR count). The van der Waals surface area contributed by atoms with Crippen LogP contribution in [0.4, 0.5) is 0 Å². The number of thioether (sulfide) groups is 1. The van der Waals surface area contributed by atoms with E-state index in [0.29, 0.717) is 53.0 Å². The lowest BCUT2D eigenvalue weighted by atomic mass is 10.1. The van der Waals surface area contributed by atoms with Crippen LogP contribution in [0.3, 0.4) is 0 Å². The Balaban J connectivity index is 1.57. The largest absolute Gasteiger partial charge is 0.351 e. The summed E-state index contributed by atoms with van der Waals surface area (Å²) >= 11 is 7.43. The summed E-state index contributed by atoms with van der Waals surface area (Å²) in [6.07, 6.45) is 0.680. The van der Waals surface area contributed by atoms with Crippen molar-refractivity contribution in [2.75, 3.05) is 5.75 Å². The zero-order valence-corrected chi connectivity index (χ0v) is 20.7. The first-order valence-corrected chi connectivity index (χ1v) is 12.5. The van der Waals surface area contributed by atoms with E-state index in [9.17, 15) is 9.59 Å². The predicted molar refractivity (Wildman–Crippen MR) is 136 cm³/mol. The molecule has 1 N–H and O–H groups in total. The Morgan fingerprint density at radius 3 is 2.59 bits per heavy atom. The van der Waals surface area contributed by atoms with E-state index in [1.54, 1.807) is 15.3 Å². The Morgan fingerprint density at radius 1 is 1.12 bits per heavy atom. The minimum Gasteiger partial charge on any atom is -0.351 e. The molecule has 0 saturated carbocycles. The molecule has 0 unspecified atom stereocenters. The number of carbonyl (C=O) groups is 1. The van der Waals surface area contributed by atoms with Gasteiger partial charge in [-0.25, -0.2) is 4.98 Å². The molecule has 7 nitrogen and oxygen atoms in total. The van der Waals surface area contributed by atoms with Crippen LogP contribution in [0.2, 0.25) is 5.02 Å². The molecule has 0 atom stereocenters. The van der Waals surface area contributed by atoms with E-state index in [1.807, 2.05) is 62.4 Å². The van der Waals surface area contributed by atoms with Crippen molar-refractivity contribution in [2.45, 2.75) is 45.1 Å². The number of benzene rings is 2. The number of hydrogen-bond donors (Lipinski definition) is 1. The van der Waals surface area contributed by atoms with E-state index in [-0.39, 0.29) is 17.2 Å². The summed E-state index contributed by atoms with van der Waals surface area (Å²) in [5, 5.41) is 8.49. The van der Waals surface area contributed by atoms with E-state index < -0.39 is 0 Å². The van der Waals surface area contributed by atoms with Crippen molar-refractivity contribution >= 4 is 40.3 Å². The van der Waals surface area contributed by atoms with Crippen molar-refractivity contribution in [3.8, 4) is 0 Å². The molecule has 0 bridgehead atoms. The molecule has 0 radical (unpaired) electrons. The molecule has 2 heterocycles. The molecule has 2 aromatic heterocycles. The Labute approximate surface area is 207 Å². The highest BCUT2D eigenvalue weighted by atomic mass is 35.5. The smallest absolute Gasteiger partial charge is 0.280 e. The lowest BCUT2D eigenvalue weighted by Crippen LogP contribution is -2.28. The molecule has 34 heavy (non-hydrogen) atoms. The molecule has 9 heteroatoms.